The Morgan fingerprint density at radius 1 is 1.15 bits per heavy atom. The number of hydrogen-bond acceptors (Lipinski definition) is 2. The summed E-state index contributed by atoms with van der Waals surface area (Å²) in [6, 6.07) is 13.2. The minimum absolute atomic E-state index is 0. The summed E-state index contributed by atoms with van der Waals surface area (Å²) in [6.07, 6.45) is 0. The molecule has 0 heterocycles. The Morgan fingerprint density at radius 3 is 2.40 bits per heavy atom. The molecule has 0 spiro atoms. The van der Waals surface area contributed by atoms with Gasteiger partial charge >= 0.3 is 5.97 Å². The minimum atomic E-state index is -0.963. The molecule has 0 radical (unpaired) electrons. The Balaban J connectivity index is 0.00000200. The summed E-state index contributed by atoms with van der Waals surface area (Å²) in [4.78, 5) is 11.3. The Morgan fingerprint density at radius 2 is 1.80 bits per heavy atom. The van der Waals surface area contributed by atoms with Crippen molar-refractivity contribution in [3.05, 3.63) is 64.7 Å². The maximum atomic E-state index is 11.3. The van der Waals surface area contributed by atoms with Crippen molar-refractivity contribution in [3.8, 4) is 5.75 Å². The van der Waals surface area contributed by atoms with E-state index in [-0.39, 0.29) is 25.0 Å². The van der Waals surface area contributed by atoms with Gasteiger partial charge in [-0.25, -0.2) is 4.79 Å². The molecule has 2 rings (SSSR count). The Bertz CT molecular complexity index is 594. The van der Waals surface area contributed by atoms with Gasteiger partial charge in [-0.2, -0.15) is 0 Å². The predicted octanol–water partition coefficient (Wildman–Crippen LogP) is 3.58. The van der Waals surface area contributed by atoms with E-state index in [1.165, 1.54) is 0 Å². The zero-order valence-corrected chi connectivity index (χ0v) is 14.7. The fourth-order valence-corrected chi connectivity index (χ4v) is 2.03. The molecule has 0 bridgehead atoms. The first-order chi connectivity index (χ1) is 9.08. The molecule has 3 nitrogen and oxygen atoms in total. The van der Waals surface area contributed by atoms with Crippen LogP contribution in [0.5, 0.6) is 5.75 Å². The van der Waals surface area contributed by atoms with Gasteiger partial charge in [0, 0.05) is 19.5 Å². The SMILES string of the molecule is Cc1cc(C)c(OCc2ccccc2)c(C(=O)O)c1.[Zn]. The summed E-state index contributed by atoms with van der Waals surface area (Å²) in [5.41, 5.74) is 2.99. The summed E-state index contributed by atoms with van der Waals surface area (Å²) >= 11 is 0. The molecule has 0 aliphatic rings. The first-order valence-corrected chi connectivity index (χ1v) is 6.09. The number of ether oxygens (including phenoxy) is 1. The van der Waals surface area contributed by atoms with Gasteiger partial charge in [0.2, 0.25) is 0 Å². The van der Waals surface area contributed by atoms with Gasteiger partial charge in [-0.15, -0.1) is 0 Å². The maximum Gasteiger partial charge on any atom is 0.339 e. The van der Waals surface area contributed by atoms with Gasteiger partial charge in [-0.1, -0.05) is 36.4 Å². The van der Waals surface area contributed by atoms with Crippen LogP contribution < -0.4 is 4.74 Å². The van der Waals surface area contributed by atoms with E-state index >= 15 is 0 Å². The molecule has 20 heavy (non-hydrogen) atoms. The molecule has 0 saturated carbocycles. The van der Waals surface area contributed by atoms with Gasteiger partial charge in [0.05, 0.1) is 0 Å². The van der Waals surface area contributed by atoms with Gasteiger partial charge in [0.1, 0.15) is 17.9 Å². The molecule has 0 aliphatic carbocycles. The van der Waals surface area contributed by atoms with Gasteiger partial charge in [0.25, 0.3) is 0 Å². The predicted molar refractivity (Wildman–Crippen MR) is 73.6 cm³/mol. The molecule has 100 valence electrons. The van der Waals surface area contributed by atoms with E-state index in [9.17, 15) is 9.90 Å². The van der Waals surface area contributed by atoms with Crippen LogP contribution in [0.3, 0.4) is 0 Å². The molecule has 0 fully saturated rings. The van der Waals surface area contributed by atoms with Crippen molar-refractivity contribution in [3.63, 3.8) is 0 Å². The average Bonchev–Trinajstić information content (AvgIpc) is 2.38. The van der Waals surface area contributed by atoms with Crippen LogP contribution in [-0.2, 0) is 26.1 Å². The smallest absolute Gasteiger partial charge is 0.339 e. The van der Waals surface area contributed by atoms with Gasteiger partial charge < -0.3 is 9.84 Å². The second-order valence-electron chi connectivity index (χ2n) is 4.54. The molecule has 2 aromatic rings. The number of aryl methyl sites for hydroxylation is 2. The van der Waals surface area contributed by atoms with E-state index in [2.05, 4.69) is 0 Å². The normalized spacial score (nSPS) is 9.70. The van der Waals surface area contributed by atoms with Crippen molar-refractivity contribution < 1.29 is 34.1 Å². The fourth-order valence-electron chi connectivity index (χ4n) is 2.03. The molecule has 0 aliphatic heterocycles. The Kier molecular flexibility index (Phi) is 5.90. The molecule has 0 amide bonds. The van der Waals surface area contributed by atoms with Crippen LogP contribution in [0.25, 0.3) is 0 Å². The van der Waals surface area contributed by atoms with Crippen LogP contribution in [0.15, 0.2) is 42.5 Å². The maximum absolute atomic E-state index is 11.3. The average molecular weight is 322 g/mol. The zero-order chi connectivity index (χ0) is 13.8. The molecule has 4 heteroatoms. The van der Waals surface area contributed by atoms with Crippen LogP contribution in [0, 0.1) is 13.8 Å². The van der Waals surface area contributed by atoms with E-state index < -0.39 is 5.97 Å². The summed E-state index contributed by atoms with van der Waals surface area (Å²) < 4.78 is 5.69. The first kappa shape index (κ1) is 16.4. The van der Waals surface area contributed by atoms with Crippen molar-refractivity contribution in [1.29, 1.82) is 0 Å². The summed E-state index contributed by atoms with van der Waals surface area (Å²) in [5, 5.41) is 9.23. The molecular weight excluding hydrogens is 306 g/mol. The van der Waals surface area contributed by atoms with Crippen molar-refractivity contribution in [2.75, 3.05) is 0 Å². The summed E-state index contributed by atoms with van der Waals surface area (Å²) in [6.45, 7) is 4.10. The standard InChI is InChI=1S/C16H16O3.Zn/c1-11-8-12(2)15(14(9-11)16(17)18)19-10-13-6-4-3-5-7-13;/h3-9H,10H2,1-2H3,(H,17,18);. The molecule has 0 unspecified atom stereocenters. The monoisotopic (exact) mass is 320 g/mol. The Labute approximate surface area is 131 Å². The van der Waals surface area contributed by atoms with Crippen LogP contribution in [0.1, 0.15) is 27.0 Å². The topological polar surface area (TPSA) is 46.5 Å². The van der Waals surface area contributed by atoms with E-state index in [1.807, 2.05) is 50.2 Å². The third kappa shape index (κ3) is 3.91. The van der Waals surface area contributed by atoms with E-state index in [0.29, 0.717) is 12.4 Å². The number of carboxylic acid groups (broad SMARTS) is 1. The van der Waals surface area contributed by atoms with Gasteiger partial charge in [0.15, 0.2) is 0 Å². The number of carboxylic acids is 1. The third-order valence-corrected chi connectivity index (χ3v) is 2.88. The minimum Gasteiger partial charge on any atom is -0.488 e. The van der Waals surface area contributed by atoms with Crippen LogP contribution in [-0.4, -0.2) is 11.1 Å². The zero-order valence-electron chi connectivity index (χ0n) is 11.7. The van der Waals surface area contributed by atoms with E-state index in [4.69, 9.17) is 4.74 Å². The van der Waals surface area contributed by atoms with Crippen molar-refractivity contribution in [2.24, 2.45) is 0 Å². The number of benzene rings is 2. The van der Waals surface area contributed by atoms with Crippen molar-refractivity contribution in [1.82, 2.24) is 0 Å². The summed E-state index contributed by atoms with van der Waals surface area (Å²) in [7, 11) is 0. The van der Waals surface area contributed by atoms with Gasteiger partial charge in [-0.3, -0.25) is 0 Å². The second kappa shape index (κ2) is 7.21. The third-order valence-electron chi connectivity index (χ3n) is 2.88. The van der Waals surface area contributed by atoms with Crippen LogP contribution in [0.4, 0.5) is 0 Å². The van der Waals surface area contributed by atoms with Crippen LogP contribution in [0.2, 0.25) is 0 Å². The molecule has 0 aromatic heterocycles. The Hall–Kier alpha value is -1.67. The molecular formula is C16H16O3Zn. The summed E-state index contributed by atoms with van der Waals surface area (Å²) in [5.74, 6) is -0.517. The van der Waals surface area contributed by atoms with Crippen molar-refractivity contribution >= 4 is 5.97 Å². The molecule has 1 N–H and O–H groups in total. The fraction of sp³-hybridized carbons (Fsp3) is 0.188. The largest absolute Gasteiger partial charge is 0.488 e. The molecule has 0 atom stereocenters. The van der Waals surface area contributed by atoms with Gasteiger partial charge in [-0.05, 0) is 36.6 Å². The quantitative estimate of drug-likeness (QED) is 0.876. The number of rotatable bonds is 4. The molecule has 0 saturated heterocycles. The number of aromatic carboxylic acids is 1. The van der Waals surface area contributed by atoms with E-state index in [1.54, 1.807) is 6.07 Å². The second-order valence-corrected chi connectivity index (χ2v) is 4.54. The van der Waals surface area contributed by atoms with Crippen LogP contribution >= 0.6 is 0 Å². The first-order valence-electron chi connectivity index (χ1n) is 6.09. The number of hydrogen-bond donors (Lipinski definition) is 1. The number of carbonyl (C=O) groups is 1. The van der Waals surface area contributed by atoms with Crippen molar-refractivity contribution in [2.45, 2.75) is 20.5 Å². The molecule has 2 aromatic carbocycles. The van der Waals surface area contributed by atoms with E-state index in [0.717, 1.165) is 16.7 Å².